The van der Waals surface area contributed by atoms with Gasteiger partial charge in [0.2, 0.25) is 5.91 Å². The highest BCUT2D eigenvalue weighted by molar-refractivity contribution is 5.96. The molecular weight excluding hydrogens is 287 g/mol. The number of carbonyl (C=O) groups is 2. The first kappa shape index (κ1) is 16.5. The van der Waals surface area contributed by atoms with Crippen LogP contribution in [-0.2, 0) is 4.79 Å². The van der Waals surface area contributed by atoms with Crippen molar-refractivity contribution in [2.24, 2.45) is 0 Å². The Morgan fingerprint density at radius 2 is 1.86 bits per heavy atom. The van der Waals surface area contributed by atoms with Gasteiger partial charge < -0.3 is 10.2 Å². The quantitative estimate of drug-likeness (QED) is 0.911. The standard InChI is InChI=1S/C13H12F3N3O2/c1-19(7-11(20)18-8-13(14,15)16)12(21)10-4-2-9(6-17)3-5-10/h2-5H,7-8H2,1H3,(H,18,20). The highest BCUT2D eigenvalue weighted by Gasteiger charge is 2.28. The fraction of sp³-hybridized carbons (Fsp3) is 0.308. The lowest BCUT2D eigenvalue weighted by molar-refractivity contribution is -0.138. The number of hydrogen-bond donors (Lipinski definition) is 1. The predicted molar refractivity (Wildman–Crippen MR) is 67.2 cm³/mol. The van der Waals surface area contributed by atoms with E-state index in [9.17, 15) is 22.8 Å². The monoisotopic (exact) mass is 299 g/mol. The molecule has 0 saturated carbocycles. The van der Waals surface area contributed by atoms with Gasteiger partial charge >= 0.3 is 6.18 Å². The molecule has 2 amide bonds. The summed E-state index contributed by atoms with van der Waals surface area (Å²) < 4.78 is 35.8. The maximum atomic E-state index is 11.9. The smallest absolute Gasteiger partial charge is 0.345 e. The molecule has 1 aromatic rings. The highest BCUT2D eigenvalue weighted by atomic mass is 19.4. The third-order valence-electron chi connectivity index (χ3n) is 2.47. The van der Waals surface area contributed by atoms with E-state index in [1.807, 2.05) is 6.07 Å². The van der Waals surface area contributed by atoms with Crippen LogP contribution in [0.4, 0.5) is 13.2 Å². The van der Waals surface area contributed by atoms with Gasteiger partial charge in [-0.25, -0.2) is 0 Å². The van der Waals surface area contributed by atoms with Crippen LogP contribution >= 0.6 is 0 Å². The van der Waals surface area contributed by atoms with Gasteiger partial charge in [0, 0.05) is 12.6 Å². The summed E-state index contributed by atoms with van der Waals surface area (Å²) in [6.45, 7) is -1.93. The van der Waals surface area contributed by atoms with E-state index < -0.39 is 31.1 Å². The Hall–Kier alpha value is -2.56. The average Bonchev–Trinajstić information content (AvgIpc) is 2.43. The minimum absolute atomic E-state index is 0.236. The number of rotatable bonds is 4. The molecule has 0 saturated heterocycles. The summed E-state index contributed by atoms with van der Waals surface area (Å²) in [6.07, 6.45) is -4.49. The first-order chi connectivity index (χ1) is 9.73. The van der Waals surface area contributed by atoms with Crippen LogP contribution in [0.5, 0.6) is 0 Å². The van der Waals surface area contributed by atoms with Crippen molar-refractivity contribution in [3.05, 3.63) is 35.4 Å². The molecule has 0 heterocycles. The molecule has 0 atom stereocenters. The summed E-state index contributed by atoms with van der Waals surface area (Å²) >= 11 is 0. The van der Waals surface area contributed by atoms with E-state index in [0.29, 0.717) is 5.56 Å². The number of amides is 2. The van der Waals surface area contributed by atoms with E-state index in [1.54, 1.807) is 5.32 Å². The lowest BCUT2D eigenvalue weighted by Gasteiger charge is -2.17. The molecule has 8 heteroatoms. The number of likely N-dealkylation sites (N-methyl/N-ethyl adjacent to an activating group) is 1. The fourth-order valence-electron chi connectivity index (χ4n) is 1.45. The summed E-state index contributed by atoms with van der Waals surface area (Å²) in [4.78, 5) is 24.2. The van der Waals surface area contributed by atoms with Crippen molar-refractivity contribution < 1.29 is 22.8 Å². The van der Waals surface area contributed by atoms with E-state index in [-0.39, 0.29) is 5.56 Å². The number of alkyl halides is 3. The highest BCUT2D eigenvalue weighted by Crippen LogP contribution is 2.12. The van der Waals surface area contributed by atoms with Gasteiger partial charge in [0.25, 0.3) is 5.91 Å². The van der Waals surface area contributed by atoms with Crippen molar-refractivity contribution in [1.29, 1.82) is 5.26 Å². The molecule has 0 aliphatic carbocycles. The molecule has 0 bridgehead atoms. The SMILES string of the molecule is CN(CC(=O)NCC(F)(F)F)C(=O)c1ccc(C#N)cc1. The number of carbonyl (C=O) groups excluding carboxylic acids is 2. The van der Waals surface area contributed by atoms with Crippen LogP contribution in [0.15, 0.2) is 24.3 Å². The fourth-order valence-corrected chi connectivity index (χ4v) is 1.45. The van der Waals surface area contributed by atoms with Crippen LogP contribution in [0.2, 0.25) is 0 Å². The molecule has 0 fully saturated rings. The summed E-state index contributed by atoms with van der Waals surface area (Å²) in [6, 6.07) is 7.58. The summed E-state index contributed by atoms with van der Waals surface area (Å²) in [7, 11) is 1.30. The second-order valence-electron chi connectivity index (χ2n) is 4.24. The zero-order chi connectivity index (χ0) is 16.0. The Labute approximate surface area is 119 Å². The first-order valence-electron chi connectivity index (χ1n) is 5.82. The molecule has 1 aromatic carbocycles. The van der Waals surface area contributed by atoms with E-state index >= 15 is 0 Å². The third kappa shape index (κ3) is 5.52. The average molecular weight is 299 g/mol. The molecule has 1 N–H and O–H groups in total. The Bertz CT molecular complexity index is 562. The van der Waals surface area contributed by atoms with Gasteiger partial charge in [-0.05, 0) is 24.3 Å². The predicted octanol–water partition coefficient (Wildman–Crippen LogP) is 1.31. The Kier molecular flexibility index (Phi) is 5.30. The molecule has 0 unspecified atom stereocenters. The van der Waals surface area contributed by atoms with Crippen molar-refractivity contribution in [2.75, 3.05) is 20.1 Å². The Balaban J connectivity index is 2.58. The molecule has 21 heavy (non-hydrogen) atoms. The first-order valence-corrected chi connectivity index (χ1v) is 5.82. The second kappa shape index (κ2) is 6.74. The zero-order valence-corrected chi connectivity index (χ0v) is 11.1. The Morgan fingerprint density at radius 1 is 1.29 bits per heavy atom. The number of benzene rings is 1. The van der Waals surface area contributed by atoms with Gasteiger partial charge in [0.15, 0.2) is 0 Å². The van der Waals surface area contributed by atoms with Gasteiger partial charge in [0.1, 0.15) is 6.54 Å². The Morgan fingerprint density at radius 3 is 2.33 bits per heavy atom. The van der Waals surface area contributed by atoms with Gasteiger partial charge in [-0.2, -0.15) is 18.4 Å². The van der Waals surface area contributed by atoms with Crippen molar-refractivity contribution in [3.8, 4) is 6.07 Å². The number of nitriles is 1. The summed E-state index contributed by atoms with van der Waals surface area (Å²) in [5.74, 6) is -1.43. The van der Waals surface area contributed by atoms with Crippen molar-refractivity contribution >= 4 is 11.8 Å². The van der Waals surface area contributed by atoms with Crippen LogP contribution in [0.3, 0.4) is 0 Å². The van der Waals surface area contributed by atoms with Gasteiger partial charge in [0.05, 0.1) is 18.2 Å². The van der Waals surface area contributed by atoms with E-state index in [4.69, 9.17) is 5.26 Å². The summed E-state index contributed by atoms with van der Waals surface area (Å²) in [5, 5.41) is 10.3. The van der Waals surface area contributed by atoms with Gasteiger partial charge in [-0.15, -0.1) is 0 Å². The van der Waals surface area contributed by atoms with E-state index in [1.165, 1.54) is 31.3 Å². The minimum atomic E-state index is -4.49. The van der Waals surface area contributed by atoms with E-state index in [2.05, 4.69) is 0 Å². The van der Waals surface area contributed by atoms with Crippen molar-refractivity contribution in [2.45, 2.75) is 6.18 Å². The maximum Gasteiger partial charge on any atom is 0.405 e. The molecule has 1 rings (SSSR count). The third-order valence-corrected chi connectivity index (χ3v) is 2.47. The number of nitrogens with zero attached hydrogens (tertiary/aromatic N) is 2. The molecule has 0 aromatic heterocycles. The normalized spacial score (nSPS) is 10.6. The number of hydrogen-bond acceptors (Lipinski definition) is 3. The van der Waals surface area contributed by atoms with E-state index in [0.717, 1.165) is 4.90 Å². The second-order valence-corrected chi connectivity index (χ2v) is 4.24. The molecule has 0 spiro atoms. The van der Waals surface area contributed by atoms with Crippen LogP contribution in [0, 0.1) is 11.3 Å². The minimum Gasteiger partial charge on any atom is -0.345 e. The van der Waals surface area contributed by atoms with Crippen LogP contribution < -0.4 is 5.32 Å². The molecule has 0 aliphatic heterocycles. The lowest BCUT2D eigenvalue weighted by atomic mass is 10.1. The lowest BCUT2D eigenvalue weighted by Crippen LogP contribution is -2.41. The van der Waals surface area contributed by atoms with Crippen LogP contribution in [-0.4, -0.2) is 43.0 Å². The van der Waals surface area contributed by atoms with Crippen molar-refractivity contribution in [1.82, 2.24) is 10.2 Å². The summed E-state index contributed by atoms with van der Waals surface area (Å²) in [5.41, 5.74) is 0.609. The van der Waals surface area contributed by atoms with Gasteiger partial charge in [-0.1, -0.05) is 0 Å². The molecule has 112 valence electrons. The van der Waals surface area contributed by atoms with Crippen molar-refractivity contribution in [3.63, 3.8) is 0 Å². The maximum absolute atomic E-state index is 11.9. The topological polar surface area (TPSA) is 73.2 Å². The van der Waals surface area contributed by atoms with Crippen LogP contribution in [0.1, 0.15) is 15.9 Å². The van der Waals surface area contributed by atoms with Gasteiger partial charge in [-0.3, -0.25) is 9.59 Å². The largest absolute Gasteiger partial charge is 0.405 e. The molecule has 5 nitrogen and oxygen atoms in total. The van der Waals surface area contributed by atoms with Crippen LogP contribution in [0.25, 0.3) is 0 Å². The zero-order valence-electron chi connectivity index (χ0n) is 11.1. The number of nitrogens with one attached hydrogen (secondary N) is 1. The molecular formula is C13H12F3N3O2. The molecule has 0 radical (unpaired) electrons. The molecule has 0 aliphatic rings. The number of halogens is 3.